The zero-order valence-electron chi connectivity index (χ0n) is 11.9. The fraction of sp³-hybridized carbons (Fsp3) is 0.357. The van der Waals surface area contributed by atoms with Gasteiger partial charge in [0.15, 0.2) is 5.16 Å². The predicted octanol–water partition coefficient (Wildman–Crippen LogP) is 1.47. The van der Waals surface area contributed by atoms with E-state index < -0.39 is 5.25 Å². The Morgan fingerprint density at radius 3 is 2.81 bits per heavy atom. The van der Waals surface area contributed by atoms with Gasteiger partial charge in [-0.1, -0.05) is 42.1 Å². The Kier molecular flexibility index (Phi) is 5.21. The number of hydrogen-bond donors (Lipinski definition) is 1. The minimum Gasteiger partial charge on any atom is -0.468 e. The van der Waals surface area contributed by atoms with Crippen molar-refractivity contribution in [2.24, 2.45) is 0 Å². The second-order valence-corrected chi connectivity index (χ2v) is 5.79. The zero-order chi connectivity index (χ0) is 15.2. The van der Waals surface area contributed by atoms with Crippen LogP contribution in [0.2, 0.25) is 0 Å². The van der Waals surface area contributed by atoms with E-state index in [1.54, 1.807) is 6.92 Å². The lowest BCUT2D eigenvalue weighted by Crippen LogP contribution is -2.21. The van der Waals surface area contributed by atoms with Gasteiger partial charge in [0.05, 0.1) is 7.11 Å². The number of thioether (sulfide) groups is 1. The number of methoxy groups -OCH3 is 1. The number of H-pyrrole nitrogens is 1. The normalized spacial score (nSPS) is 12.1. The van der Waals surface area contributed by atoms with Gasteiger partial charge in [-0.2, -0.15) is 0 Å². The third-order valence-electron chi connectivity index (χ3n) is 3.01. The van der Waals surface area contributed by atoms with Gasteiger partial charge in [-0.05, 0) is 18.9 Å². The van der Waals surface area contributed by atoms with E-state index in [9.17, 15) is 9.59 Å². The van der Waals surface area contributed by atoms with E-state index in [1.165, 1.54) is 23.4 Å². The summed E-state index contributed by atoms with van der Waals surface area (Å²) in [4.78, 5) is 23.2. The number of carbonyl (C=O) groups is 1. The van der Waals surface area contributed by atoms with Crippen LogP contribution < -0.4 is 5.69 Å². The summed E-state index contributed by atoms with van der Waals surface area (Å²) in [7, 11) is 1.34. The molecule has 1 aromatic heterocycles. The molecule has 0 fully saturated rings. The summed E-state index contributed by atoms with van der Waals surface area (Å²) < 4.78 is 6.21. The number of nitrogens with zero attached hydrogens (tertiary/aromatic N) is 2. The summed E-state index contributed by atoms with van der Waals surface area (Å²) in [6, 6.07) is 9.89. The molecule has 2 aromatic rings. The lowest BCUT2D eigenvalue weighted by molar-refractivity contribution is -0.139. The van der Waals surface area contributed by atoms with E-state index in [1.807, 2.05) is 30.3 Å². The first-order valence-corrected chi connectivity index (χ1v) is 7.43. The first-order chi connectivity index (χ1) is 10.1. The van der Waals surface area contributed by atoms with Crippen LogP contribution in [0.15, 0.2) is 40.3 Å². The van der Waals surface area contributed by atoms with Crippen molar-refractivity contribution in [3.05, 3.63) is 46.4 Å². The molecular weight excluding hydrogens is 290 g/mol. The van der Waals surface area contributed by atoms with Crippen LogP contribution in [0.25, 0.3) is 0 Å². The molecule has 0 amide bonds. The van der Waals surface area contributed by atoms with E-state index in [-0.39, 0.29) is 11.7 Å². The number of benzene rings is 1. The SMILES string of the molecule is COC(=O)[C@H](C)Sc1n[nH]c(=O)n1CCc1ccccc1. The summed E-state index contributed by atoms with van der Waals surface area (Å²) >= 11 is 1.20. The van der Waals surface area contributed by atoms with Gasteiger partial charge in [0, 0.05) is 6.54 Å². The zero-order valence-corrected chi connectivity index (χ0v) is 12.7. The summed E-state index contributed by atoms with van der Waals surface area (Å²) in [5, 5.41) is 6.46. The summed E-state index contributed by atoms with van der Waals surface area (Å²) in [5.41, 5.74) is 0.869. The number of rotatable bonds is 6. The topological polar surface area (TPSA) is 77.0 Å². The molecule has 1 heterocycles. The number of aryl methyl sites for hydroxylation is 1. The summed E-state index contributed by atoms with van der Waals surface area (Å²) in [5.74, 6) is -0.343. The molecule has 6 nitrogen and oxygen atoms in total. The number of ether oxygens (including phenoxy) is 1. The van der Waals surface area contributed by atoms with Gasteiger partial charge in [-0.3, -0.25) is 9.36 Å². The molecule has 0 bridgehead atoms. The molecule has 1 aromatic carbocycles. The molecule has 0 aliphatic heterocycles. The van der Waals surface area contributed by atoms with Crippen LogP contribution in [0.3, 0.4) is 0 Å². The van der Waals surface area contributed by atoms with Gasteiger partial charge in [0.1, 0.15) is 5.25 Å². The first-order valence-electron chi connectivity index (χ1n) is 6.55. The van der Waals surface area contributed by atoms with Gasteiger partial charge in [-0.15, -0.1) is 5.10 Å². The maximum Gasteiger partial charge on any atom is 0.343 e. The molecule has 0 spiro atoms. The van der Waals surface area contributed by atoms with Crippen molar-refractivity contribution in [3.63, 3.8) is 0 Å². The van der Waals surface area contributed by atoms with Crippen LogP contribution in [-0.4, -0.2) is 33.1 Å². The smallest absolute Gasteiger partial charge is 0.343 e. The molecule has 1 atom stereocenters. The van der Waals surface area contributed by atoms with Gasteiger partial charge >= 0.3 is 11.7 Å². The van der Waals surface area contributed by atoms with Crippen LogP contribution in [0.1, 0.15) is 12.5 Å². The van der Waals surface area contributed by atoms with E-state index in [4.69, 9.17) is 0 Å². The number of carbonyl (C=O) groups excluding carboxylic acids is 1. The number of aromatic amines is 1. The maximum atomic E-state index is 11.8. The van der Waals surface area contributed by atoms with Crippen LogP contribution in [-0.2, 0) is 22.5 Å². The Morgan fingerprint density at radius 1 is 1.43 bits per heavy atom. The third kappa shape index (κ3) is 3.98. The average molecular weight is 307 g/mol. The average Bonchev–Trinajstić information content (AvgIpc) is 2.85. The molecule has 0 saturated heterocycles. The molecule has 112 valence electrons. The minimum atomic E-state index is -0.416. The quantitative estimate of drug-likeness (QED) is 0.646. The third-order valence-corrected chi connectivity index (χ3v) is 4.07. The highest BCUT2D eigenvalue weighted by molar-refractivity contribution is 8.00. The molecule has 2 rings (SSSR count). The fourth-order valence-electron chi connectivity index (χ4n) is 1.85. The fourth-order valence-corrected chi connectivity index (χ4v) is 2.76. The van der Waals surface area contributed by atoms with Crippen molar-refractivity contribution < 1.29 is 9.53 Å². The largest absolute Gasteiger partial charge is 0.468 e. The molecule has 21 heavy (non-hydrogen) atoms. The second kappa shape index (κ2) is 7.12. The Morgan fingerprint density at radius 2 is 2.14 bits per heavy atom. The van der Waals surface area contributed by atoms with Crippen LogP contribution in [0, 0.1) is 0 Å². The van der Waals surface area contributed by atoms with Crippen LogP contribution in [0.5, 0.6) is 0 Å². The number of esters is 1. The Hall–Kier alpha value is -2.02. The molecule has 1 N–H and O–H groups in total. The van der Waals surface area contributed by atoms with Crippen LogP contribution in [0.4, 0.5) is 0 Å². The van der Waals surface area contributed by atoms with E-state index in [0.29, 0.717) is 11.7 Å². The van der Waals surface area contributed by atoms with Crippen molar-refractivity contribution in [2.45, 2.75) is 30.3 Å². The highest BCUT2D eigenvalue weighted by Crippen LogP contribution is 2.20. The van der Waals surface area contributed by atoms with Crippen molar-refractivity contribution in [2.75, 3.05) is 7.11 Å². The van der Waals surface area contributed by atoms with E-state index in [0.717, 1.165) is 12.0 Å². The highest BCUT2D eigenvalue weighted by atomic mass is 32.2. The highest BCUT2D eigenvalue weighted by Gasteiger charge is 2.19. The Bertz CT molecular complexity index is 651. The van der Waals surface area contributed by atoms with Crippen molar-refractivity contribution in [1.29, 1.82) is 0 Å². The van der Waals surface area contributed by atoms with Crippen molar-refractivity contribution >= 4 is 17.7 Å². The standard InChI is InChI=1S/C14H17N3O3S/c1-10(12(18)20-2)21-14-16-15-13(19)17(14)9-8-11-6-4-3-5-7-11/h3-7,10H,8-9H2,1-2H3,(H,15,19)/t10-/m0/s1. The van der Waals surface area contributed by atoms with Gasteiger partial charge < -0.3 is 4.74 Å². The molecule has 0 unspecified atom stereocenters. The Labute approximate surface area is 126 Å². The lowest BCUT2D eigenvalue weighted by atomic mass is 10.1. The number of nitrogens with one attached hydrogen (secondary N) is 1. The maximum absolute atomic E-state index is 11.8. The molecule has 0 aliphatic rings. The second-order valence-electron chi connectivity index (χ2n) is 4.48. The number of aromatic nitrogens is 3. The lowest BCUT2D eigenvalue weighted by Gasteiger charge is -2.09. The van der Waals surface area contributed by atoms with Crippen molar-refractivity contribution in [1.82, 2.24) is 14.8 Å². The van der Waals surface area contributed by atoms with E-state index in [2.05, 4.69) is 14.9 Å². The van der Waals surface area contributed by atoms with Gasteiger partial charge in [-0.25, -0.2) is 9.89 Å². The predicted molar refractivity (Wildman–Crippen MR) is 80.3 cm³/mol. The van der Waals surface area contributed by atoms with E-state index >= 15 is 0 Å². The summed E-state index contributed by atoms with van der Waals surface area (Å²) in [6.45, 7) is 2.23. The number of hydrogen-bond acceptors (Lipinski definition) is 5. The molecular formula is C14H17N3O3S. The van der Waals surface area contributed by atoms with Crippen LogP contribution >= 0.6 is 11.8 Å². The summed E-state index contributed by atoms with van der Waals surface area (Å²) in [6.07, 6.45) is 0.723. The monoisotopic (exact) mass is 307 g/mol. The minimum absolute atomic E-state index is 0.273. The first kappa shape index (κ1) is 15.4. The van der Waals surface area contributed by atoms with Crippen molar-refractivity contribution in [3.8, 4) is 0 Å². The van der Waals surface area contributed by atoms with Gasteiger partial charge in [0.25, 0.3) is 0 Å². The molecule has 7 heteroatoms. The van der Waals surface area contributed by atoms with Gasteiger partial charge in [0.2, 0.25) is 0 Å². The molecule has 0 radical (unpaired) electrons. The molecule has 0 saturated carbocycles. The Balaban J connectivity index is 2.08. The molecule has 0 aliphatic carbocycles.